The highest BCUT2D eigenvalue weighted by Gasteiger charge is 2.12. The van der Waals surface area contributed by atoms with Crippen molar-refractivity contribution in [2.75, 3.05) is 22.5 Å². The summed E-state index contributed by atoms with van der Waals surface area (Å²) in [5.41, 5.74) is 0.457. The van der Waals surface area contributed by atoms with Gasteiger partial charge in [0, 0.05) is 12.6 Å². The summed E-state index contributed by atoms with van der Waals surface area (Å²) in [6.07, 6.45) is 0. The minimum Gasteiger partial charge on any atom is -0.433 e. The van der Waals surface area contributed by atoms with Gasteiger partial charge in [-0.3, -0.25) is 9.59 Å². The molecule has 0 spiro atoms. The van der Waals surface area contributed by atoms with E-state index in [0.717, 1.165) is 6.07 Å². The second-order valence-electron chi connectivity index (χ2n) is 5.15. The number of benzene rings is 2. The van der Waals surface area contributed by atoms with Crippen LogP contribution < -0.4 is 20.7 Å². The molecule has 0 saturated heterocycles. The van der Waals surface area contributed by atoms with Gasteiger partial charge < -0.3 is 20.7 Å². The molecule has 0 unspecified atom stereocenters. The number of para-hydroxylation sites is 2. The average molecular weight is 367 g/mol. The highest BCUT2D eigenvalue weighted by Crippen LogP contribution is 2.25. The third kappa shape index (κ3) is 5.69. The van der Waals surface area contributed by atoms with E-state index in [1.165, 1.54) is 37.3 Å². The number of anilines is 3. The third-order valence-electron chi connectivity index (χ3n) is 3.11. The van der Waals surface area contributed by atoms with Crippen LogP contribution in [0.25, 0.3) is 0 Å². The van der Waals surface area contributed by atoms with Gasteiger partial charge in [-0.15, -0.1) is 0 Å². The molecule has 0 aliphatic rings. The molecule has 0 aliphatic heterocycles. The molecule has 0 fully saturated rings. The Balaban J connectivity index is 1.98. The number of hydrogen-bond acceptors (Lipinski definition) is 4. The zero-order chi connectivity index (χ0) is 19.1. The van der Waals surface area contributed by atoms with Gasteiger partial charge in [-0.1, -0.05) is 12.1 Å². The van der Waals surface area contributed by atoms with Crippen molar-refractivity contribution in [3.05, 3.63) is 48.3 Å². The lowest BCUT2D eigenvalue weighted by atomic mass is 10.2. The molecule has 0 aliphatic carbocycles. The van der Waals surface area contributed by atoms with Crippen LogP contribution in [0, 0.1) is 5.82 Å². The lowest BCUT2D eigenvalue weighted by Gasteiger charge is -2.13. The van der Waals surface area contributed by atoms with E-state index in [1.807, 2.05) is 0 Å². The molecule has 9 heteroatoms. The Hall–Kier alpha value is -3.23. The van der Waals surface area contributed by atoms with Crippen LogP contribution in [-0.2, 0) is 9.59 Å². The first-order valence-corrected chi connectivity index (χ1v) is 7.50. The number of carbonyl (C=O) groups excluding carboxylic acids is 2. The third-order valence-corrected chi connectivity index (χ3v) is 3.11. The lowest BCUT2D eigenvalue weighted by Crippen LogP contribution is -2.22. The Labute approximate surface area is 147 Å². The summed E-state index contributed by atoms with van der Waals surface area (Å²) in [4.78, 5) is 23.0. The first-order valence-electron chi connectivity index (χ1n) is 7.50. The molecule has 0 aromatic heterocycles. The Morgan fingerprint density at radius 2 is 1.81 bits per heavy atom. The van der Waals surface area contributed by atoms with E-state index in [0.29, 0.717) is 5.69 Å². The van der Waals surface area contributed by atoms with Crippen molar-refractivity contribution in [3.8, 4) is 5.75 Å². The van der Waals surface area contributed by atoms with E-state index >= 15 is 0 Å². The van der Waals surface area contributed by atoms with Crippen molar-refractivity contribution >= 4 is 28.9 Å². The standard InChI is InChI=1S/C17H16F3N3O3/c1-10(24)22-14-8-11(6-7-12(14)18)21-9-16(25)23-13-4-2-3-5-15(13)26-17(19)20/h2-8,17,21H,9H2,1H3,(H,22,24)(H,23,25). The topological polar surface area (TPSA) is 79.5 Å². The maximum atomic E-state index is 13.6. The van der Waals surface area contributed by atoms with Crippen LogP contribution in [0.5, 0.6) is 5.75 Å². The number of halogens is 3. The van der Waals surface area contributed by atoms with Crippen LogP contribution >= 0.6 is 0 Å². The summed E-state index contributed by atoms with van der Waals surface area (Å²) >= 11 is 0. The normalized spacial score (nSPS) is 10.3. The maximum absolute atomic E-state index is 13.6. The Bertz CT molecular complexity index is 800. The van der Waals surface area contributed by atoms with Crippen molar-refractivity contribution in [1.82, 2.24) is 0 Å². The molecule has 3 N–H and O–H groups in total. The van der Waals surface area contributed by atoms with Gasteiger partial charge in [-0.2, -0.15) is 8.78 Å². The summed E-state index contributed by atoms with van der Waals surface area (Å²) in [7, 11) is 0. The van der Waals surface area contributed by atoms with E-state index < -0.39 is 24.2 Å². The van der Waals surface area contributed by atoms with Gasteiger partial charge in [0.15, 0.2) is 0 Å². The van der Waals surface area contributed by atoms with Crippen molar-refractivity contribution < 1.29 is 27.5 Å². The highest BCUT2D eigenvalue weighted by atomic mass is 19.3. The molecule has 2 amide bonds. The second kappa shape index (κ2) is 8.75. The average Bonchev–Trinajstić information content (AvgIpc) is 2.56. The minimum atomic E-state index is -3.02. The van der Waals surface area contributed by atoms with Crippen molar-refractivity contribution in [2.24, 2.45) is 0 Å². The molecular formula is C17H16F3N3O3. The van der Waals surface area contributed by atoms with Gasteiger partial charge in [0.25, 0.3) is 0 Å². The molecule has 2 aromatic carbocycles. The van der Waals surface area contributed by atoms with Crippen LogP contribution in [0.3, 0.4) is 0 Å². The van der Waals surface area contributed by atoms with Gasteiger partial charge in [0.05, 0.1) is 17.9 Å². The molecule has 0 saturated carbocycles. The van der Waals surface area contributed by atoms with Gasteiger partial charge in [-0.25, -0.2) is 4.39 Å². The van der Waals surface area contributed by atoms with E-state index in [-0.39, 0.29) is 23.7 Å². The molecule has 0 atom stereocenters. The van der Waals surface area contributed by atoms with E-state index in [9.17, 15) is 22.8 Å². The number of amides is 2. The predicted octanol–water partition coefficient (Wildman–Crippen LogP) is 3.44. The molecule has 6 nitrogen and oxygen atoms in total. The zero-order valence-electron chi connectivity index (χ0n) is 13.7. The zero-order valence-corrected chi connectivity index (χ0v) is 13.7. The Morgan fingerprint density at radius 3 is 2.50 bits per heavy atom. The van der Waals surface area contributed by atoms with Crippen molar-refractivity contribution in [2.45, 2.75) is 13.5 Å². The van der Waals surface area contributed by atoms with E-state index in [1.54, 1.807) is 6.07 Å². The van der Waals surface area contributed by atoms with Crippen molar-refractivity contribution in [3.63, 3.8) is 0 Å². The van der Waals surface area contributed by atoms with Crippen molar-refractivity contribution in [1.29, 1.82) is 0 Å². The SMILES string of the molecule is CC(=O)Nc1cc(NCC(=O)Nc2ccccc2OC(F)F)ccc1F. The monoisotopic (exact) mass is 367 g/mol. The molecule has 0 heterocycles. The van der Waals surface area contributed by atoms with E-state index in [2.05, 4.69) is 20.7 Å². The largest absolute Gasteiger partial charge is 0.433 e. The molecule has 2 aromatic rings. The fraction of sp³-hybridized carbons (Fsp3) is 0.176. The first-order chi connectivity index (χ1) is 12.3. The number of nitrogens with one attached hydrogen (secondary N) is 3. The molecule has 0 bridgehead atoms. The minimum absolute atomic E-state index is 0.0291. The number of hydrogen-bond donors (Lipinski definition) is 3. The van der Waals surface area contributed by atoms with Crippen LogP contribution in [0.15, 0.2) is 42.5 Å². The number of rotatable bonds is 7. The van der Waals surface area contributed by atoms with Crippen LogP contribution in [0.4, 0.5) is 30.2 Å². The molecule has 26 heavy (non-hydrogen) atoms. The smallest absolute Gasteiger partial charge is 0.387 e. The highest BCUT2D eigenvalue weighted by molar-refractivity contribution is 5.95. The first kappa shape index (κ1) is 19.1. The number of alkyl halides is 2. The lowest BCUT2D eigenvalue weighted by molar-refractivity contribution is -0.115. The Morgan fingerprint density at radius 1 is 1.08 bits per heavy atom. The van der Waals surface area contributed by atoms with Gasteiger partial charge >= 0.3 is 6.61 Å². The predicted molar refractivity (Wildman–Crippen MR) is 90.9 cm³/mol. The summed E-state index contributed by atoms with van der Waals surface area (Å²) in [5, 5.41) is 7.51. The molecule has 2 rings (SSSR count). The quantitative estimate of drug-likeness (QED) is 0.701. The molecule has 138 valence electrons. The van der Waals surface area contributed by atoms with E-state index in [4.69, 9.17) is 0 Å². The number of ether oxygens (including phenoxy) is 1. The molecule has 0 radical (unpaired) electrons. The molecular weight excluding hydrogens is 351 g/mol. The van der Waals surface area contributed by atoms with Crippen LogP contribution in [-0.4, -0.2) is 25.0 Å². The number of carbonyl (C=O) groups is 2. The summed E-state index contributed by atoms with van der Waals surface area (Å²) in [6.45, 7) is -1.99. The second-order valence-corrected chi connectivity index (χ2v) is 5.15. The van der Waals surface area contributed by atoms with Crippen LogP contribution in [0.1, 0.15) is 6.92 Å². The fourth-order valence-electron chi connectivity index (χ4n) is 2.07. The van der Waals surface area contributed by atoms with Crippen LogP contribution in [0.2, 0.25) is 0 Å². The summed E-state index contributed by atoms with van der Waals surface area (Å²) in [6, 6.07) is 9.63. The fourth-order valence-corrected chi connectivity index (χ4v) is 2.07. The summed E-state index contributed by atoms with van der Waals surface area (Å²) in [5.74, 6) is -1.74. The summed E-state index contributed by atoms with van der Waals surface area (Å²) < 4.78 is 42.6. The van der Waals surface area contributed by atoms with Gasteiger partial charge in [0.1, 0.15) is 11.6 Å². The van der Waals surface area contributed by atoms with Gasteiger partial charge in [-0.05, 0) is 30.3 Å². The van der Waals surface area contributed by atoms with Gasteiger partial charge in [0.2, 0.25) is 11.8 Å². The maximum Gasteiger partial charge on any atom is 0.387 e. The Kier molecular flexibility index (Phi) is 6.42.